The van der Waals surface area contributed by atoms with Gasteiger partial charge in [-0.15, -0.1) is 0 Å². The van der Waals surface area contributed by atoms with E-state index in [2.05, 4.69) is 4.98 Å². The summed E-state index contributed by atoms with van der Waals surface area (Å²) >= 11 is 0. The lowest BCUT2D eigenvalue weighted by atomic mass is 10.5. The molecule has 0 fully saturated rings. The molecule has 1 rings (SSSR count). The first kappa shape index (κ1) is 7.08. The molecule has 0 aliphatic heterocycles. The second-order valence-corrected chi connectivity index (χ2v) is 2.05. The van der Waals surface area contributed by atoms with Gasteiger partial charge in [-0.2, -0.15) is 0 Å². The van der Waals surface area contributed by atoms with Gasteiger partial charge in [-0.3, -0.25) is 0 Å². The first-order chi connectivity index (χ1) is 4.84. The van der Waals surface area contributed by atoms with Crippen molar-refractivity contribution in [1.29, 1.82) is 0 Å². The summed E-state index contributed by atoms with van der Waals surface area (Å²) in [7, 11) is 1.91. The Morgan fingerprint density at radius 3 is 3.10 bits per heavy atom. The molecule has 0 amide bonds. The lowest BCUT2D eigenvalue weighted by Crippen LogP contribution is -2.24. The molecule has 0 atom stereocenters. The normalized spacial score (nSPS) is 9.80. The van der Waals surface area contributed by atoms with E-state index in [9.17, 15) is 0 Å². The summed E-state index contributed by atoms with van der Waals surface area (Å²) in [6, 6.07) is 0. The molecule has 1 aromatic rings. The second kappa shape index (κ2) is 3.22. The van der Waals surface area contributed by atoms with Crippen LogP contribution in [0.4, 0.5) is 5.88 Å². The van der Waals surface area contributed by atoms with E-state index < -0.39 is 0 Å². The monoisotopic (exact) mass is 141 g/mol. The molecule has 0 spiro atoms. The topological polar surface area (TPSA) is 55.3 Å². The standard InChI is InChI=1S/C6H11N3O/c1-9(3-2-7)6-4-8-5-10-6/h4-5H,2-3,7H2,1H3. The Morgan fingerprint density at radius 2 is 2.60 bits per heavy atom. The lowest BCUT2D eigenvalue weighted by Gasteiger charge is -2.12. The number of oxazole rings is 1. The molecule has 0 aliphatic rings. The third-order valence-corrected chi connectivity index (χ3v) is 1.26. The highest BCUT2D eigenvalue weighted by Crippen LogP contribution is 2.08. The molecule has 10 heavy (non-hydrogen) atoms. The van der Waals surface area contributed by atoms with Crippen molar-refractivity contribution < 1.29 is 4.42 Å². The van der Waals surface area contributed by atoms with Crippen LogP contribution in [0.3, 0.4) is 0 Å². The van der Waals surface area contributed by atoms with E-state index >= 15 is 0 Å². The van der Waals surface area contributed by atoms with Crippen molar-refractivity contribution in [3.8, 4) is 0 Å². The number of hydrogen-bond acceptors (Lipinski definition) is 4. The fraction of sp³-hybridized carbons (Fsp3) is 0.500. The van der Waals surface area contributed by atoms with Gasteiger partial charge in [0.15, 0.2) is 6.39 Å². The number of nitrogens with zero attached hydrogens (tertiary/aromatic N) is 2. The molecule has 0 saturated carbocycles. The maximum absolute atomic E-state index is 5.33. The van der Waals surface area contributed by atoms with Gasteiger partial charge in [0.1, 0.15) is 0 Å². The highest BCUT2D eigenvalue weighted by molar-refractivity contribution is 5.29. The molecule has 1 heterocycles. The van der Waals surface area contributed by atoms with E-state index in [1.807, 2.05) is 11.9 Å². The summed E-state index contributed by atoms with van der Waals surface area (Å²) in [5.41, 5.74) is 5.33. The Labute approximate surface area is 59.6 Å². The molecule has 0 radical (unpaired) electrons. The first-order valence-electron chi connectivity index (χ1n) is 3.14. The van der Waals surface area contributed by atoms with Gasteiger partial charge in [0.25, 0.3) is 0 Å². The number of likely N-dealkylation sites (N-methyl/N-ethyl adjacent to an activating group) is 1. The molecular weight excluding hydrogens is 130 g/mol. The smallest absolute Gasteiger partial charge is 0.215 e. The Hall–Kier alpha value is -1.03. The minimum absolute atomic E-state index is 0.622. The Balaban J connectivity index is 2.50. The van der Waals surface area contributed by atoms with E-state index in [0.29, 0.717) is 6.54 Å². The first-order valence-corrected chi connectivity index (χ1v) is 3.14. The molecule has 56 valence electrons. The van der Waals surface area contributed by atoms with Gasteiger partial charge in [-0.25, -0.2) is 4.98 Å². The van der Waals surface area contributed by atoms with Crippen molar-refractivity contribution in [3.63, 3.8) is 0 Å². The van der Waals surface area contributed by atoms with E-state index in [4.69, 9.17) is 10.2 Å². The summed E-state index contributed by atoms with van der Waals surface area (Å²) in [4.78, 5) is 5.69. The van der Waals surface area contributed by atoms with E-state index in [0.717, 1.165) is 12.4 Å². The quantitative estimate of drug-likeness (QED) is 0.647. The largest absolute Gasteiger partial charge is 0.428 e. The van der Waals surface area contributed by atoms with Gasteiger partial charge in [0, 0.05) is 20.1 Å². The van der Waals surface area contributed by atoms with Gasteiger partial charge in [-0.05, 0) is 0 Å². The SMILES string of the molecule is CN(CCN)c1cnco1. The molecule has 2 N–H and O–H groups in total. The third kappa shape index (κ3) is 1.48. The van der Waals surface area contributed by atoms with Crippen LogP contribution in [0.15, 0.2) is 17.0 Å². The zero-order chi connectivity index (χ0) is 7.40. The van der Waals surface area contributed by atoms with Crippen LogP contribution in [0.2, 0.25) is 0 Å². The molecule has 4 heteroatoms. The van der Waals surface area contributed by atoms with Gasteiger partial charge in [0.2, 0.25) is 5.88 Å². The number of hydrogen-bond donors (Lipinski definition) is 1. The van der Waals surface area contributed by atoms with Crippen LogP contribution in [0.5, 0.6) is 0 Å². The Bertz CT molecular complexity index is 173. The van der Waals surface area contributed by atoms with Gasteiger partial charge in [0.05, 0.1) is 6.20 Å². The molecule has 0 saturated heterocycles. The predicted octanol–water partition coefficient (Wildman–Crippen LogP) is 0.0695. The van der Waals surface area contributed by atoms with Crippen LogP contribution in [-0.2, 0) is 0 Å². The highest BCUT2D eigenvalue weighted by Gasteiger charge is 2.00. The molecule has 0 unspecified atom stereocenters. The van der Waals surface area contributed by atoms with Crippen LogP contribution in [0, 0.1) is 0 Å². The Kier molecular flexibility index (Phi) is 2.28. The van der Waals surface area contributed by atoms with Crippen LogP contribution in [0.1, 0.15) is 0 Å². The summed E-state index contributed by atoms with van der Waals surface area (Å²) in [5, 5.41) is 0. The zero-order valence-corrected chi connectivity index (χ0v) is 5.95. The molecule has 0 bridgehead atoms. The van der Waals surface area contributed by atoms with Crippen molar-refractivity contribution in [2.75, 3.05) is 25.0 Å². The maximum atomic E-state index is 5.33. The van der Waals surface area contributed by atoms with Gasteiger partial charge in [-0.1, -0.05) is 0 Å². The van der Waals surface area contributed by atoms with Crippen LogP contribution in [0.25, 0.3) is 0 Å². The van der Waals surface area contributed by atoms with Crippen LogP contribution < -0.4 is 10.6 Å². The molecule has 1 aromatic heterocycles. The number of aromatic nitrogens is 1. The average Bonchev–Trinajstić information content (AvgIpc) is 2.38. The summed E-state index contributed by atoms with van der Waals surface area (Å²) in [6.45, 7) is 1.41. The third-order valence-electron chi connectivity index (χ3n) is 1.26. The minimum atomic E-state index is 0.622. The van der Waals surface area contributed by atoms with E-state index in [1.54, 1.807) is 6.20 Å². The van der Waals surface area contributed by atoms with Crippen molar-refractivity contribution in [1.82, 2.24) is 4.98 Å². The van der Waals surface area contributed by atoms with Crippen molar-refractivity contribution in [3.05, 3.63) is 12.6 Å². The molecule has 0 aromatic carbocycles. The fourth-order valence-electron chi connectivity index (χ4n) is 0.701. The average molecular weight is 141 g/mol. The van der Waals surface area contributed by atoms with Crippen molar-refractivity contribution >= 4 is 5.88 Å². The van der Waals surface area contributed by atoms with Gasteiger partial charge < -0.3 is 15.1 Å². The van der Waals surface area contributed by atoms with E-state index in [1.165, 1.54) is 6.39 Å². The second-order valence-electron chi connectivity index (χ2n) is 2.05. The van der Waals surface area contributed by atoms with E-state index in [-0.39, 0.29) is 0 Å². The minimum Gasteiger partial charge on any atom is -0.428 e. The summed E-state index contributed by atoms with van der Waals surface area (Å²) in [5.74, 6) is 0.755. The molecular formula is C6H11N3O. The van der Waals surface area contributed by atoms with Crippen molar-refractivity contribution in [2.24, 2.45) is 5.73 Å². The zero-order valence-electron chi connectivity index (χ0n) is 5.95. The number of rotatable bonds is 3. The lowest BCUT2D eigenvalue weighted by molar-refractivity contribution is 0.548. The summed E-state index contributed by atoms with van der Waals surface area (Å²) < 4.78 is 5.01. The number of nitrogens with two attached hydrogens (primary N) is 1. The van der Waals surface area contributed by atoms with Crippen LogP contribution >= 0.6 is 0 Å². The highest BCUT2D eigenvalue weighted by atomic mass is 16.4. The maximum Gasteiger partial charge on any atom is 0.215 e. The van der Waals surface area contributed by atoms with Crippen LogP contribution in [-0.4, -0.2) is 25.1 Å². The molecule has 0 aliphatic carbocycles. The number of anilines is 1. The Morgan fingerprint density at radius 1 is 1.80 bits per heavy atom. The van der Waals surface area contributed by atoms with Gasteiger partial charge >= 0.3 is 0 Å². The van der Waals surface area contributed by atoms with Crippen molar-refractivity contribution in [2.45, 2.75) is 0 Å². The molecule has 4 nitrogen and oxygen atoms in total. The predicted molar refractivity (Wildman–Crippen MR) is 38.8 cm³/mol. The summed E-state index contributed by atoms with van der Waals surface area (Å²) in [6.07, 6.45) is 3.07. The fourth-order valence-corrected chi connectivity index (χ4v) is 0.701.